The highest BCUT2D eigenvalue weighted by Gasteiger charge is 2.21. The SMILES string of the molecule is COCC(=O)Nc1cccc(CNC(=O)C(C)N2CCCCCC2)c1. The Bertz CT molecular complexity index is 569. The molecular weight excluding hydrogens is 318 g/mol. The second kappa shape index (κ2) is 10.2. The van der Waals surface area contributed by atoms with Crippen LogP contribution < -0.4 is 10.6 Å². The molecule has 1 aromatic carbocycles. The van der Waals surface area contributed by atoms with Gasteiger partial charge in [0.1, 0.15) is 6.61 Å². The number of amides is 2. The first-order valence-electron chi connectivity index (χ1n) is 8.99. The molecule has 1 aliphatic rings. The Kier molecular flexibility index (Phi) is 7.88. The van der Waals surface area contributed by atoms with Crippen LogP contribution in [0.25, 0.3) is 0 Å². The summed E-state index contributed by atoms with van der Waals surface area (Å²) >= 11 is 0. The summed E-state index contributed by atoms with van der Waals surface area (Å²) in [4.78, 5) is 26.3. The van der Waals surface area contributed by atoms with Gasteiger partial charge in [-0.25, -0.2) is 0 Å². The normalized spacial score (nSPS) is 16.7. The second-order valence-corrected chi connectivity index (χ2v) is 6.53. The van der Waals surface area contributed by atoms with Gasteiger partial charge in [-0.05, 0) is 50.6 Å². The third-order valence-corrected chi connectivity index (χ3v) is 4.52. The number of rotatable bonds is 7. The van der Waals surface area contributed by atoms with E-state index in [1.807, 2.05) is 31.2 Å². The lowest BCUT2D eigenvalue weighted by molar-refractivity contribution is -0.126. The highest BCUT2D eigenvalue weighted by Crippen LogP contribution is 2.13. The molecule has 0 aromatic heterocycles. The summed E-state index contributed by atoms with van der Waals surface area (Å²) in [5, 5.41) is 5.77. The van der Waals surface area contributed by atoms with Gasteiger partial charge < -0.3 is 15.4 Å². The molecule has 0 saturated carbocycles. The fourth-order valence-corrected chi connectivity index (χ4v) is 3.07. The summed E-state index contributed by atoms with van der Waals surface area (Å²) in [7, 11) is 1.48. The number of benzene rings is 1. The van der Waals surface area contributed by atoms with Crippen molar-refractivity contribution in [3.63, 3.8) is 0 Å². The lowest BCUT2D eigenvalue weighted by atomic mass is 10.2. The van der Waals surface area contributed by atoms with Crippen LogP contribution in [0.15, 0.2) is 24.3 Å². The number of ether oxygens (including phenoxy) is 1. The molecule has 1 unspecified atom stereocenters. The quantitative estimate of drug-likeness (QED) is 0.793. The monoisotopic (exact) mass is 347 g/mol. The molecule has 2 rings (SSSR count). The Morgan fingerprint density at radius 1 is 1.20 bits per heavy atom. The second-order valence-electron chi connectivity index (χ2n) is 6.53. The van der Waals surface area contributed by atoms with Gasteiger partial charge in [-0.3, -0.25) is 14.5 Å². The van der Waals surface area contributed by atoms with Crippen LogP contribution in [0, 0.1) is 0 Å². The first-order chi connectivity index (χ1) is 12.1. The minimum absolute atomic E-state index is 0.0221. The van der Waals surface area contributed by atoms with Crippen LogP contribution >= 0.6 is 0 Å². The van der Waals surface area contributed by atoms with Crippen LogP contribution in [0.3, 0.4) is 0 Å². The van der Waals surface area contributed by atoms with Crippen molar-refractivity contribution in [1.82, 2.24) is 10.2 Å². The van der Waals surface area contributed by atoms with Crippen molar-refractivity contribution in [3.8, 4) is 0 Å². The molecule has 1 heterocycles. The molecule has 25 heavy (non-hydrogen) atoms. The number of hydrogen-bond donors (Lipinski definition) is 2. The molecule has 2 amide bonds. The van der Waals surface area contributed by atoms with Crippen LogP contribution in [0.1, 0.15) is 38.2 Å². The van der Waals surface area contributed by atoms with Crippen molar-refractivity contribution in [3.05, 3.63) is 29.8 Å². The van der Waals surface area contributed by atoms with Gasteiger partial charge in [-0.15, -0.1) is 0 Å². The number of hydrogen-bond acceptors (Lipinski definition) is 4. The van der Waals surface area contributed by atoms with E-state index in [0.29, 0.717) is 12.2 Å². The van der Waals surface area contributed by atoms with Crippen molar-refractivity contribution in [2.24, 2.45) is 0 Å². The average Bonchev–Trinajstić information content (AvgIpc) is 2.89. The van der Waals surface area contributed by atoms with Crippen LogP contribution in [0.2, 0.25) is 0 Å². The number of carbonyl (C=O) groups is 2. The van der Waals surface area contributed by atoms with Gasteiger partial charge in [0.05, 0.1) is 6.04 Å². The number of nitrogens with zero attached hydrogens (tertiary/aromatic N) is 1. The van der Waals surface area contributed by atoms with E-state index in [2.05, 4.69) is 15.5 Å². The first kappa shape index (κ1) is 19.4. The average molecular weight is 347 g/mol. The zero-order chi connectivity index (χ0) is 18.1. The van der Waals surface area contributed by atoms with Crippen LogP contribution in [-0.4, -0.2) is 49.6 Å². The maximum Gasteiger partial charge on any atom is 0.250 e. The van der Waals surface area contributed by atoms with Gasteiger partial charge in [-0.1, -0.05) is 25.0 Å². The Labute approximate surface area is 149 Å². The predicted octanol–water partition coefficient (Wildman–Crippen LogP) is 2.15. The summed E-state index contributed by atoms with van der Waals surface area (Å²) in [6.45, 7) is 4.44. The molecule has 2 N–H and O–H groups in total. The van der Waals surface area contributed by atoms with E-state index in [1.165, 1.54) is 32.8 Å². The molecule has 0 spiro atoms. The van der Waals surface area contributed by atoms with Gasteiger partial charge >= 0.3 is 0 Å². The molecule has 1 saturated heterocycles. The van der Waals surface area contributed by atoms with Gasteiger partial charge in [0.25, 0.3) is 0 Å². The van der Waals surface area contributed by atoms with Crippen molar-refractivity contribution >= 4 is 17.5 Å². The fraction of sp³-hybridized carbons (Fsp3) is 0.579. The highest BCUT2D eigenvalue weighted by atomic mass is 16.5. The topological polar surface area (TPSA) is 70.7 Å². The minimum atomic E-state index is -0.196. The number of carbonyl (C=O) groups excluding carboxylic acids is 2. The molecule has 1 aromatic rings. The molecule has 0 radical (unpaired) electrons. The summed E-state index contributed by atoms with van der Waals surface area (Å²) in [5.74, 6) is -0.144. The van der Waals surface area contributed by atoms with Gasteiger partial charge in [0, 0.05) is 19.3 Å². The Hall–Kier alpha value is -1.92. The van der Waals surface area contributed by atoms with E-state index >= 15 is 0 Å². The summed E-state index contributed by atoms with van der Waals surface area (Å²) in [6.07, 6.45) is 4.85. The zero-order valence-electron chi connectivity index (χ0n) is 15.2. The van der Waals surface area contributed by atoms with Crippen LogP contribution in [0.5, 0.6) is 0 Å². The molecule has 6 nitrogen and oxygen atoms in total. The van der Waals surface area contributed by atoms with Crippen molar-refractivity contribution in [2.75, 3.05) is 32.1 Å². The number of likely N-dealkylation sites (tertiary alicyclic amines) is 1. The third kappa shape index (κ3) is 6.48. The molecule has 1 aliphatic heterocycles. The van der Waals surface area contributed by atoms with E-state index in [4.69, 9.17) is 4.74 Å². The third-order valence-electron chi connectivity index (χ3n) is 4.52. The van der Waals surface area contributed by atoms with Crippen molar-refractivity contribution in [2.45, 2.75) is 45.2 Å². The Morgan fingerprint density at radius 2 is 1.92 bits per heavy atom. The van der Waals surface area contributed by atoms with Crippen LogP contribution in [0.4, 0.5) is 5.69 Å². The molecule has 138 valence electrons. The smallest absolute Gasteiger partial charge is 0.250 e. The fourth-order valence-electron chi connectivity index (χ4n) is 3.07. The maximum absolute atomic E-state index is 12.4. The Balaban J connectivity index is 1.85. The molecule has 0 aliphatic carbocycles. The number of anilines is 1. The van der Waals surface area contributed by atoms with E-state index in [-0.39, 0.29) is 24.5 Å². The number of nitrogens with one attached hydrogen (secondary N) is 2. The van der Waals surface area contributed by atoms with E-state index in [9.17, 15) is 9.59 Å². The lowest BCUT2D eigenvalue weighted by Crippen LogP contribution is -2.45. The van der Waals surface area contributed by atoms with E-state index in [1.54, 1.807) is 0 Å². The lowest BCUT2D eigenvalue weighted by Gasteiger charge is -2.26. The van der Waals surface area contributed by atoms with Crippen molar-refractivity contribution in [1.29, 1.82) is 0 Å². The van der Waals surface area contributed by atoms with Gasteiger partial charge in [0.2, 0.25) is 11.8 Å². The van der Waals surface area contributed by atoms with Crippen LogP contribution in [-0.2, 0) is 20.9 Å². The maximum atomic E-state index is 12.4. The standard InChI is InChI=1S/C19H29N3O3/c1-15(22-10-5-3-4-6-11-22)19(24)20-13-16-8-7-9-17(12-16)21-18(23)14-25-2/h7-9,12,15H,3-6,10-11,13-14H2,1-2H3,(H,20,24)(H,21,23). The predicted molar refractivity (Wildman–Crippen MR) is 98.3 cm³/mol. The van der Waals surface area contributed by atoms with Gasteiger partial charge in [0.15, 0.2) is 0 Å². The largest absolute Gasteiger partial charge is 0.375 e. The summed E-state index contributed by atoms with van der Waals surface area (Å²) in [6, 6.07) is 7.37. The van der Waals surface area contributed by atoms with Crippen molar-refractivity contribution < 1.29 is 14.3 Å². The van der Waals surface area contributed by atoms with E-state index < -0.39 is 0 Å². The first-order valence-corrected chi connectivity index (χ1v) is 8.99. The zero-order valence-corrected chi connectivity index (χ0v) is 15.2. The Morgan fingerprint density at radius 3 is 2.60 bits per heavy atom. The molecule has 0 bridgehead atoms. The number of methoxy groups -OCH3 is 1. The molecule has 1 fully saturated rings. The molecule has 6 heteroatoms. The van der Waals surface area contributed by atoms with Gasteiger partial charge in [-0.2, -0.15) is 0 Å². The minimum Gasteiger partial charge on any atom is -0.375 e. The van der Waals surface area contributed by atoms with E-state index in [0.717, 1.165) is 18.7 Å². The summed E-state index contributed by atoms with van der Waals surface area (Å²) in [5.41, 5.74) is 1.65. The summed E-state index contributed by atoms with van der Waals surface area (Å²) < 4.78 is 4.80. The molecular formula is C19H29N3O3. The highest BCUT2D eigenvalue weighted by molar-refractivity contribution is 5.91. The molecule has 1 atom stereocenters.